The summed E-state index contributed by atoms with van der Waals surface area (Å²) >= 11 is 5.92. The first-order valence-corrected chi connectivity index (χ1v) is 8.32. The van der Waals surface area contributed by atoms with E-state index < -0.39 is 0 Å². The van der Waals surface area contributed by atoms with Crippen LogP contribution < -0.4 is 5.73 Å². The van der Waals surface area contributed by atoms with E-state index in [9.17, 15) is 4.79 Å². The molecular weight excluding hydrogens is 300 g/mol. The molecule has 2 N–H and O–H groups in total. The number of nitrogens with two attached hydrogens (primary N) is 1. The number of piperidine rings is 1. The first-order valence-electron chi connectivity index (χ1n) is 7.94. The molecule has 2 fully saturated rings. The lowest BCUT2D eigenvalue weighted by Gasteiger charge is -2.38. The Labute approximate surface area is 136 Å². The highest BCUT2D eigenvalue weighted by atomic mass is 35.5. The van der Waals surface area contributed by atoms with Crippen molar-refractivity contribution in [3.05, 3.63) is 34.9 Å². The average molecular weight is 323 g/mol. The van der Waals surface area contributed by atoms with Crippen molar-refractivity contribution in [2.45, 2.75) is 31.8 Å². The van der Waals surface area contributed by atoms with Crippen LogP contribution in [0.3, 0.4) is 0 Å². The minimum Gasteiger partial charge on any atom is -0.377 e. The van der Waals surface area contributed by atoms with Crippen molar-refractivity contribution in [2.75, 3.05) is 26.2 Å². The molecule has 1 unspecified atom stereocenters. The summed E-state index contributed by atoms with van der Waals surface area (Å²) in [4.78, 5) is 13.5. The van der Waals surface area contributed by atoms with E-state index in [4.69, 9.17) is 22.1 Å². The maximum Gasteiger partial charge on any atom is 0.236 e. The second kappa shape index (κ2) is 6.57. The van der Waals surface area contributed by atoms with Crippen LogP contribution in [-0.2, 0) is 16.0 Å². The van der Waals surface area contributed by atoms with E-state index in [2.05, 4.69) is 12.1 Å². The van der Waals surface area contributed by atoms with Gasteiger partial charge in [-0.25, -0.2) is 0 Å². The summed E-state index contributed by atoms with van der Waals surface area (Å²) in [5.41, 5.74) is 6.96. The van der Waals surface area contributed by atoms with Crippen molar-refractivity contribution in [2.24, 2.45) is 11.1 Å². The summed E-state index contributed by atoms with van der Waals surface area (Å²) in [5, 5.41) is 0.768. The third kappa shape index (κ3) is 3.45. The molecule has 0 bridgehead atoms. The van der Waals surface area contributed by atoms with E-state index in [-0.39, 0.29) is 24.0 Å². The van der Waals surface area contributed by atoms with E-state index >= 15 is 0 Å². The topological polar surface area (TPSA) is 55.6 Å². The number of halogens is 1. The first-order chi connectivity index (χ1) is 10.6. The van der Waals surface area contributed by atoms with Gasteiger partial charge in [0.15, 0.2) is 0 Å². The second-order valence-electron chi connectivity index (χ2n) is 6.55. The maximum atomic E-state index is 11.7. The van der Waals surface area contributed by atoms with Crippen molar-refractivity contribution in [1.82, 2.24) is 4.90 Å². The van der Waals surface area contributed by atoms with Crippen LogP contribution in [0.2, 0.25) is 5.02 Å². The third-order valence-corrected chi connectivity index (χ3v) is 5.27. The Bertz CT molecular complexity index is 524. The molecule has 3 rings (SSSR count). The molecule has 0 aliphatic carbocycles. The highest BCUT2D eigenvalue weighted by molar-refractivity contribution is 6.30. The van der Waals surface area contributed by atoms with Crippen molar-refractivity contribution in [1.29, 1.82) is 0 Å². The highest BCUT2D eigenvalue weighted by Crippen LogP contribution is 2.42. The zero-order valence-electron chi connectivity index (χ0n) is 12.8. The molecule has 5 heteroatoms. The predicted octanol–water partition coefficient (Wildman–Crippen LogP) is 2.24. The van der Waals surface area contributed by atoms with Crippen molar-refractivity contribution < 1.29 is 9.53 Å². The van der Waals surface area contributed by atoms with Gasteiger partial charge in [-0.15, -0.1) is 0 Å². The number of hydrogen-bond donors (Lipinski definition) is 1. The zero-order chi connectivity index (χ0) is 15.6. The van der Waals surface area contributed by atoms with Gasteiger partial charge in [0.05, 0.1) is 19.3 Å². The maximum absolute atomic E-state index is 11.7. The second-order valence-corrected chi connectivity index (χ2v) is 6.99. The number of amides is 1. The highest BCUT2D eigenvalue weighted by Gasteiger charge is 2.42. The Balaban J connectivity index is 1.54. The summed E-state index contributed by atoms with van der Waals surface area (Å²) in [6, 6.07) is 8.00. The molecule has 0 radical (unpaired) electrons. The Morgan fingerprint density at radius 1 is 1.32 bits per heavy atom. The van der Waals surface area contributed by atoms with Crippen LogP contribution >= 0.6 is 11.6 Å². The number of nitrogens with zero attached hydrogens (tertiary/aromatic N) is 1. The number of likely N-dealkylation sites (tertiary alicyclic amines) is 1. The number of benzene rings is 1. The molecule has 2 aliphatic heterocycles. The van der Waals surface area contributed by atoms with Crippen LogP contribution in [0.1, 0.15) is 24.8 Å². The SMILES string of the molecule is NCC(=O)N1CCC2(CC1)COC(Cc1ccc(Cl)cc1)C2. The number of ether oxygens (including phenoxy) is 1. The molecule has 0 saturated carbocycles. The monoisotopic (exact) mass is 322 g/mol. The molecular formula is C17H23ClN2O2. The van der Waals surface area contributed by atoms with Gasteiger partial charge >= 0.3 is 0 Å². The van der Waals surface area contributed by atoms with Crippen LogP contribution in [-0.4, -0.2) is 43.2 Å². The van der Waals surface area contributed by atoms with E-state index in [0.717, 1.165) is 50.4 Å². The lowest BCUT2D eigenvalue weighted by molar-refractivity contribution is -0.132. The molecule has 1 aromatic rings. The molecule has 1 atom stereocenters. The Morgan fingerprint density at radius 3 is 2.64 bits per heavy atom. The number of hydrogen-bond acceptors (Lipinski definition) is 3. The molecule has 2 saturated heterocycles. The Morgan fingerprint density at radius 2 is 2.00 bits per heavy atom. The summed E-state index contributed by atoms with van der Waals surface area (Å²) < 4.78 is 6.04. The predicted molar refractivity (Wildman–Crippen MR) is 86.8 cm³/mol. The van der Waals surface area contributed by atoms with Crippen molar-refractivity contribution in [3.63, 3.8) is 0 Å². The van der Waals surface area contributed by atoms with Gasteiger partial charge in [-0.05, 0) is 48.8 Å². The van der Waals surface area contributed by atoms with Gasteiger partial charge in [0.25, 0.3) is 0 Å². The third-order valence-electron chi connectivity index (χ3n) is 5.01. The van der Waals surface area contributed by atoms with Crippen molar-refractivity contribution >= 4 is 17.5 Å². The molecule has 0 aromatic heterocycles. The molecule has 120 valence electrons. The smallest absolute Gasteiger partial charge is 0.236 e. The quantitative estimate of drug-likeness (QED) is 0.928. The lowest BCUT2D eigenvalue weighted by atomic mass is 9.76. The van der Waals surface area contributed by atoms with Crippen LogP contribution in [0, 0.1) is 5.41 Å². The van der Waals surface area contributed by atoms with E-state index in [0.29, 0.717) is 0 Å². The number of carbonyl (C=O) groups excluding carboxylic acids is 1. The molecule has 2 aliphatic rings. The van der Waals surface area contributed by atoms with Gasteiger partial charge in [-0.2, -0.15) is 0 Å². The molecule has 1 amide bonds. The van der Waals surface area contributed by atoms with Crippen molar-refractivity contribution in [3.8, 4) is 0 Å². The lowest BCUT2D eigenvalue weighted by Crippen LogP contribution is -2.45. The fourth-order valence-electron chi connectivity index (χ4n) is 3.62. The van der Waals surface area contributed by atoms with Crippen LogP contribution in [0.25, 0.3) is 0 Å². The molecule has 4 nitrogen and oxygen atoms in total. The van der Waals surface area contributed by atoms with Gasteiger partial charge in [-0.1, -0.05) is 23.7 Å². The summed E-state index contributed by atoms with van der Waals surface area (Å²) in [5.74, 6) is 0.0616. The molecule has 2 heterocycles. The average Bonchev–Trinajstić information content (AvgIpc) is 2.92. The van der Waals surface area contributed by atoms with Gasteiger partial charge in [-0.3, -0.25) is 4.79 Å². The standard InChI is InChI=1S/C17H23ClN2O2/c18-14-3-1-13(2-4-14)9-15-10-17(12-22-15)5-7-20(8-6-17)16(21)11-19/h1-4,15H,5-12,19H2. The van der Waals surface area contributed by atoms with E-state index in [1.807, 2.05) is 17.0 Å². The van der Waals surface area contributed by atoms with Crippen LogP contribution in [0.15, 0.2) is 24.3 Å². The summed E-state index contributed by atoms with van der Waals surface area (Å²) in [6.07, 6.45) is 4.34. The Hall–Kier alpha value is -1.10. The minimum absolute atomic E-state index is 0.0616. The van der Waals surface area contributed by atoms with E-state index in [1.54, 1.807) is 0 Å². The zero-order valence-corrected chi connectivity index (χ0v) is 13.5. The normalized spacial score (nSPS) is 23.9. The number of rotatable bonds is 3. The molecule has 1 spiro atoms. The molecule has 22 heavy (non-hydrogen) atoms. The fourth-order valence-corrected chi connectivity index (χ4v) is 3.74. The van der Waals surface area contributed by atoms with Gasteiger partial charge in [0.1, 0.15) is 0 Å². The van der Waals surface area contributed by atoms with Gasteiger partial charge < -0.3 is 15.4 Å². The van der Waals surface area contributed by atoms with Gasteiger partial charge in [0, 0.05) is 18.1 Å². The fraction of sp³-hybridized carbons (Fsp3) is 0.588. The van der Waals surface area contributed by atoms with Crippen LogP contribution in [0.5, 0.6) is 0 Å². The molecule has 1 aromatic carbocycles. The van der Waals surface area contributed by atoms with E-state index in [1.165, 1.54) is 5.56 Å². The summed E-state index contributed by atoms with van der Waals surface area (Å²) in [7, 11) is 0. The Kier molecular flexibility index (Phi) is 4.71. The largest absolute Gasteiger partial charge is 0.377 e. The number of carbonyl (C=O) groups is 1. The summed E-state index contributed by atoms with van der Waals surface area (Å²) in [6.45, 7) is 2.55. The first kappa shape index (κ1) is 15.8. The van der Waals surface area contributed by atoms with Gasteiger partial charge in [0.2, 0.25) is 5.91 Å². The van der Waals surface area contributed by atoms with Crippen LogP contribution in [0.4, 0.5) is 0 Å². The minimum atomic E-state index is 0.0616.